The highest BCUT2D eigenvalue weighted by atomic mass is 16.5. The molecule has 2 rings (SSSR count). The third-order valence-electron chi connectivity index (χ3n) is 4.53. The van der Waals surface area contributed by atoms with Crippen LogP contribution in [0.15, 0.2) is 0 Å². The molecule has 0 aliphatic carbocycles. The van der Waals surface area contributed by atoms with Crippen LogP contribution in [0.4, 0.5) is 10.7 Å². The second-order valence-corrected chi connectivity index (χ2v) is 6.24. The molecule has 25 heavy (non-hydrogen) atoms. The van der Waals surface area contributed by atoms with Gasteiger partial charge in [0.15, 0.2) is 0 Å². The Hall–Kier alpha value is -2.42. The van der Waals surface area contributed by atoms with E-state index in [0.717, 1.165) is 5.56 Å². The molecule has 138 valence electrons. The van der Waals surface area contributed by atoms with Gasteiger partial charge in [-0.15, -0.1) is 0 Å². The minimum absolute atomic E-state index is 0.0852. The number of hydrogen-bond donors (Lipinski definition) is 3. The van der Waals surface area contributed by atoms with Crippen molar-refractivity contribution in [3.8, 4) is 0 Å². The second-order valence-electron chi connectivity index (χ2n) is 6.24. The molecule has 1 saturated heterocycles. The minimum Gasteiger partial charge on any atom is -0.453 e. The second kappa shape index (κ2) is 8.11. The molecule has 9 heteroatoms. The molecule has 0 radical (unpaired) electrons. The molecule has 1 aromatic heterocycles. The number of likely N-dealkylation sites (tertiary alicyclic amines) is 1. The quantitative estimate of drug-likeness (QED) is 0.683. The lowest BCUT2D eigenvalue weighted by Gasteiger charge is -2.36. The lowest BCUT2D eigenvalue weighted by atomic mass is 9.93. The van der Waals surface area contributed by atoms with Crippen LogP contribution in [0.1, 0.15) is 23.4 Å². The number of carbonyl (C=O) groups excluding carboxylic acids is 2. The number of piperidine rings is 1. The maximum Gasteiger partial charge on any atom is 0.406 e. The Morgan fingerprint density at radius 3 is 2.56 bits per heavy atom. The van der Waals surface area contributed by atoms with Gasteiger partial charge < -0.3 is 25.8 Å². The van der Waals surface area contributed by atoms with Gasteiger partial charge in [-0.2, -0.15) is 0 Å². The number of hydrogen-bond acceptors (Lipinski definition) is 7. The average Bonchev–Trinajstić information content (AvgIpc) is 2.56. The van der Waals surface area contributed by atoms with Gasteiger partial charge in [0.1, 0.15) is 0 Å². The fourth-order valence-electron chi connectivity index (χ4n) is 3.02. The molecule has 1 aromatic rings. The number of nitrogens with two attached hydrogens (primary N) is 1. The standard InChI is InChI=1S/C16H25N5O4/c1-9-12(10(2)20-15(17)19-9)6-14(23)21-5-4-11(13(22)8-21)7-18-16(24)25-3/h11,13,22H,4-8H2,1-3H3,(H,18,24)(H2,17,19,20)/t11-,13+/m0/s1. The number of ether oxygens (including phenoxy) is 1. The normalized spacial score (nSPS) is 20.2. The fraction of sp³-hybridized carbons (Fsp3) is 0.625. The number of alkyl carbamates (subject to hydrolysis) is 1. The van der Waals surface area contributed by atoms with Gasteiger partial charge in [-0.05, 0) is 20.3 Å². The Labute approximate surface area is 146 Å². The summed E-state index contributed by atoms with van der Waals surface area (Å²) in [6, 6.07) is 0. The van der Waals surface area contributed by atoms with E-state index in [9.17, 15) is 14.7 Å². The molecule has 1 fully saturated rings. The first-order valence-electron chi connectivity index (χ1n) is 8.19. The first kappa shape index (κ1) is 18.9. The van der Waals surface area contributed by atoms with Crippen LogP contribution in [0.5, 0.6) is 0 Å². The average molecular weight is 351 g/mol. The highest BCUT2D eigenvalue weighted by Crippen LogP contribution is 2.19. The van der Waals surface area contributed by atoms with Gasteiger partial charge in [-0.1, -0.05) is 0 Å². The molecule has 1 aliphatic heterocycles. The predicted octanol–water partition coefficient (Wildman–Crippen LogP) is -0.216. The number of methoxy groups -OCH3 is 1. The third-order valence-corrected chi connectivity index (χ3v) is 4.53. The Morgan fingerprint density at radius 2 is 2.00 bits per heavy atom. The van der Waals surface area contributed by atoms with E-state index in [2.05, 4.69) is 20.0 Å². The Balaban J connectivity index is 1.93. The van der Waals surface area contributed by atoms with E-state index >= 15 is 0 Å². The van der Waals surface area contributed by atoms with Crippen LogP contribution in [0.2, 0.25) is 0 Å². The van der Waals surface area contributed by atoms with Crippen LogP contribution in [0.3, 0.4) is 0 Å². The molecule has 9 nitrogen and oxygen atoms in total. The zero-order valence-corrected chi connectivity index (χ0v) is 14.8. The van der Waals surface area contributed by atoms with E-state index in [-0.39, 0.29) is 30.7 Å². The lowest BCUT2D eigenvalue weighted by molar-refractivity contribution is -0.134. The minimum atomic E-state index is -0.695. The number of nitrogen functional groups attached to an aromatic ring is 1. The molecule has 2 amide bonds. The first-order valence-corrected chi connectivity index (χ1v) is 8.19. The van der Waals surface area contributed by atoms with Crippen molar-refractivity contribution in [1.82, 2.24) is 20.2 Å². The smallest absolute Gasteiger partial charge is 0.406 e. The molecule has 2 atom stereocenters. The number of carbonyl (C=O) groups is 2. The number of nitrogens with zero attached hydrogens (tertiary/aromatic N) is 3. The van der Waals surface area contributed by atoms with Crippen LogP contribution in [0.25, 0.3) is 0 Å². The predicted molar refractivity (Wildman–Crippen MR) is 90.7 cm³/mol. The van der Waals surface area contributed by atoms with Crippen LogP contribution in [-0.4, -0.2) is 64.8 Å². The number of nitrogens with one attached hydrogen (secondary N) is 1. The van der Waals surface area contributed by atoms with E-state index in [1.807, 2.05) is 0 Å². The summed E-state index contributed by atoms with van der Waals surface area (Å²) in [6.45, 7) is 4.68. The highest BCUT2D eigenvalue weighted by molar-refractivity contribution is 5.79. The summed E-state index contributed by atoms with van der Waals surface area (Å²) >= 11 is 0. The SMILES string of the molecule is COC(=O)NC[C@@H]1CCN(C(=O)Cc2c(C)nc(N)nc2C)C[C@H]1O. The van der Waals surface area contributed by atoms with Gasteiger partial charge in [-0.3, -0.25) is 4.79 Å². The van der Waals surface area contributed by atoms with Crippen LogP contribution >= 0.6 is 0 Å². The summed E-state index contributed by atoms with van der Waals surface area (Å²) in [7, 11) is 1.29. The van der Waals surface area contributed by atoms with Crippen LogP contribution in [-0.2, 0) is 16.0 Å². The van der Waals surface area contributed by atoms with Crippen molar-refractivity contribution in [2.24, 2.45) is 5.92 Å². The number of β-amino-alcohol motifs (C(OH)–C–C–N with tert-alkyl or cyclic N) is 1. The molecular weight excluding hydrogens is 326 g/mol. The van der Waals surface area contributed by atoms with E-state index in [0.29, 0.717) is 30.9 Å². The van der Waals surface area contributed by atoms with Crippen molar-refractivity contribution in [2.75, 3.05) is 32.5 Å². The van der Waals surface area contributed by atoms with Gasteiger partial charge in [0.2, 0.25) is 11.9 Å². The molecule has 2 heterocycles. The van der Waals surface area contributed by atoms with Gasteiger partial charge in [0.05, 0.1) is 19.6 Å². The van der Waals surface area contributed by atoms with Crippen molar-refractivity contribution >= 4 is 17.9 Å². The monoisotopic (exact) mass is 351 g/mol. The molecule has 0 spiro atoms. The Morgan fingerprint density at radius 1 is 1.36 bits per heavy atom. The summed E-state index contributed by atoms with van der Waals surface area (Å²) in [4.78, 5) is 33.5. The molecule has 0 bridgehead atoms. The third kappa shape index (κ3) is 4.79. The van der Waals surface area contributed by atoms with Crippen molar-refractivity contribution in [3.63, 3.8) is 0 Å². The molecule has 0 saturated carbocycles. The van der Waals surface area contributed by atoms with Crippen LogP contribution < -0.4 is 11.1 Å². The Bertz CT molecular complexity index is 628. The summed E-state index contributed by atoms with van der Waals surface area (Å²) in [5, 5.41) is 12.8. The fourth-order valence-corrected chi connectivity index (χ4v) is 3.02. The van der Waals surface area contributed by atoms with Gasteiger partial charge >= 0.3 is 6.09 Å². The highest BCUT2D eigenvalue weighted by Gasteiger charge is 2.30. The summed E-state index contributed by atoms with van der Waals surface area (Å²) in [5.74, 6) is 0.00465. The first-order chi connectivity index (χ1) is 11.8. The maximum absolute atomic E-state index is 12.6. The maximum atomic E-state index is 12.6. The molecule has 0 unspecified atom stereocenters. The van der Waals surface area contributed by atoms with Gasteiger partial charge in [0.25, 0.3) is 0 Å². The van der Waals surface area contributed by atoms with Gasteiger partial charge in [0, 0.05) is 42.5 Å². The zero-order chi connectivity index (χ0) is 18.6. The summed E-state index contributed by atoms with van der Waals surface area (Å²) < 4.78 is 4.52. The number of aliphatic hydroxyl groups is 1. The van der Waals surface area contributed by atoms with E-state index in [1.54, 1.807) is 18.7 Å². The number of aliphatic hydroxyl groups excluding tert-OH is 1. The molecule has 1 aliphatic rings. The van der Waals surface area contributed by atoms with E-state index in [4.69, 9.17) is 5.73 Å². The van der Waals surface area contributed by atoms with Gasteiger partial charge in [-0.25, -0.2) is 14.8 Å². The van der Waals surface area contributed by atoms with E-state index in [1.165, 1.54) is 7.11 Å². The largest absolute Gasteiger partial charge is 0.453 e. The summed E-state index contributed by atoms with van der Waals surface area (Å²) in [6.07, 6.45) is -0.442. The van der Waals surface area contributed by atoms with Crippen molar-refractivity contribution < 1.29 is 19.4 Å². The summed E-state index contributed by atoms with van der Waals surface area (Å²) in [5.41, 5.74) is 7.75. The topological polar surface area (TPSA) is 131 Å². The van der Waals surface area contributed by atoms with Crippen molar-refractivity contribution in [1.29, 1.82) is 0 Å². The van der Waals surface area contributed by atoms with Crippen molar-refractivity contribution in [2.45, 2.75) is 32.8 Å². The molecule has 4 N–H and O–H groups in total. The lowest BCUT2D eigenvalue weighted by Crippen LogP contribution is -2.50. The number of anilines is 1. The zero-order valence-electron chi connectivity index (χ0n) is 14.8. The van der Waals surface area contributed by atoms with Crippen molar-refractivity contribution in [3.05, 3.63) is 17.0 Å². The molecule has 0 aromatic carbocycles. The number of rotatable bonds is 4. The number of aromatic nitrogens is 2. The number of amides is 2. The van der Waals surface area contributed by atoms with E-state index < -0.39 is 12.2 Å². The Kier molecular flexibility index (Phi) is 6.13. The van der Waals surface area contributed by atoms with Crippen LogP contribution in [0, 0.1) is 19.8 Å². The number of aryl methyl sites for hydroxylation is 2. The molecular formula is C16H25N5O4.